The third-order valence-electron chi connectivity index (χ3n) is 3.96. The Bertz CT molecular complexity index is 1000. The average molecular weight is 372 g/mol. The van der Waals surface area contributed by atoms with E-state index in [1.807, 2.05) is 6.92 Å². The van der Waals surface area contributed by atoms with Crippen molar-refractivity contribution in [1.82, 2.24) is 14.7 Å². The molecule has 6 nitrogen and oxygen atoms in total. The van der Waals surface area contributed by atoms with Gasteiger partial charge in [0.05, 0.1) is 5.52 Å². The molecule has 0 spiro atoms. The number of pyridine rings is 1. The van der Waals surface area contributed by atoms with E-state index < -0.39 is 17.5 Å². The fraction of sp³-hybridized carbons (Fsp3) is 0.211. The van der Waals surface area contributed by atoms with Crippen LogP contribution in [0.25, 0.3) is 5.52 Å². The maximum absolute atomic E-state index is 13.3. The van der Waals surface area contributed by atoms with Gasteiger partial charge in [-0.3, -0.25) is 14.0 Å². The number of carbonyl (C=O) groups excluding carboxylic acids is 2. The van der Waals surface area contributed by atoms with E-state index in [1.54, 1.807) is 24.4 Å². The van der Waals surface area contributed by atoms with Crippen LogP contribution in [0.4, 0.5) is 14.5 Å². The van der Waals surface area contributed by atoms with Gasteiger partial charge in [-0.25, -0.2) is 13.8 Å². The predicted molar refractivity (Wildman–Crippen MR) is 96.7 cm³/mol. The Hall–Kier alpha value is -3.29. The number of nitrogens with one attached hydrogen (secondary N) is 2. The second kappa shape index (κ2) is 7.94. The number of benzene rings is 1. The summed E-state index contributed by atoms with van der Waals surface area (Å²) < 4.78 is 27.9. The fourth-order valence-corrected chi connectivity index (χ4v) is 2.59. The molecule has 1 aromatic carbocycles. The van der Waals surface area contributed by atoms with Gasteiger partial charge in [0.1, 0.15) is 0 Å². The zero-order valence-electron chi connectivity index (χ0n) is 14.6. The summed E-state index contributed by atoms with van der Waals surface area (Å²) in [6.07, 6.45) is 3.37. The Balaban J connectivity index is 1.90. The first kappa shape index (κ1) is 18.5. The normalized spacial score (nSPS) is 10.8. The minimum Gasteiger partial charge on any atom is -0.351 e. The number of halogens is 2. The smallest absolute Gasteiger partial charge is 0.292 e. The molecule has 2 amide bonds. The lowest BCUT2D eigenvalue weighted by molar-refractivity contribution is 0.0950. The predicted octanol–water partition coefficient (Wildman–Crippen LogP) is 3.39. The molecule has 0 fully saturated rings. The molecule has 140 valence electrons. The molecule has 2 aromatic heterocycles. The standard InChI is InChI=1S/C19H18F2N4O2/c1-2-3-9-22-18(26)16-15-6-4-5-10-25(15)17(24-16)19(27)23-12-7-8-13(20)14(21)11-12/h4-8,10-11H,2-3,9H2,1H3,(H,22,26)(H,23,27). The second-order valence-corrected chi connectivity index (χ2v) is 5.93. The van der Waals surface area contributed by atoms with Crippen LogP contribution >= 0.6 is 0 Å². The highest BCUT2D eigenvalue weighted by Crippen LogP contribution is 2.17. The van der Waals surface area contributed by atoms with Crippen molar-refractivity contribution in [1.29, 1.82) is 0 Å². The molecule has 3 rings (SSSR count). The summed E-state index contributed by atoms with van der Waals surface area (Å²) in [5, 5.41) is 5.23. The van der Waals surface area contributed by atoms with E-state index in [1.165, 1.54) is 10.5 Å². The monoisotopic (exact) mass is 372 g/mol. The highest BCUT2D eigenvalue weighted by molar-refractivity contribution is 6.06. The van der Waals surface area contributed by atoms with Crippen LogP contribution in [0.2, 0.25) is 0 Å². The van der Waals surface area contributed by atoms with Crippen LogP contribution < -0.4 is 10.6 Å². The van der Waals surface area contributed by atoms with Gasteiger partial charge in [0.2, 0.25) is 5.82 Å². The van der Waals surface area contributed by atoms with Crippen molar-refractivity contribution < 1.29 is 18.4 Å². The molecule has 0 saturated carbocycles. The van der Waals surface area contributed by atoms with Crippen molar-refractivity contribution in [3.8, 4) is 0 Å². The van der Waals surface area contributed by atoms with Gasteiger partial charge in [-0.2, -0.15) is 0 Å². The summed E-state index contributed by atoms with van der Waals surface area (Å²) in [4.78, 5) is 29.2. The van der Waals surface area contributed by atoms with Gasteiger partial charge in [0.15, 0.2) is 17.3 Å². The first-order valence-electron chi connectivity index (χ1n) is 8.53. The van der Waals surface area contributed by atoms with Crippen molar-refractivity contribution in [2.45, 2.75) is 19.8 Å². The molecule has 0 atom stereocenters. The van der Waals surface area contributed by atoms with Crippen LogP contribution in [0, 0.1) is 11.6 Å². The molecular formula is C19H18F2N4O2. The van der Waals surface area contributed by atoms with Crippen molar-refractivity contribution in [3.63, 3.8) is 0 Å². The maximum atomic E-state index is 13.3. The van der Waals surface area contributed by atoms with Crippen molar-refractivity contribution >= 4 is 23.0 Å². The lowest BCUT2D eigenvalue weighted by Gasteiger charge is -2.05. The van der Waals surface area contributed by atoms with E-state index in [9.17, 15) is 18.4 Å². The third kappa shape index (κ3) is 3.94. The quantitative estimate of drug-likeness (QED) is 0.651. The number of aromatic nitrogens is 2. The fourth-order valence-electron chi connectivity index (χ4n) is 2.59. The number of anilines is 1. The molecule has 27 heavy (non-hydrogen) atoms. The Morgan fingerprint density at radius 2 is 1.93 bits per heavy atom. The number of rotatable bonds is 6. The molecule has 0 bridgehead atoms. The zero-order chi connectivity index (χ0) is 19.4. The van der Waals surface area contributed by atoms with E-state index in [4.69, 9.17) is 0 Å². The van der Waals surface area contributed by atoms with Crippen LogP contribution in [0.15, 0.2) is 42.6 Å². The number of unbranched alkanes of at least 4 members (excludes halogenated alkanes) is 1. The highest BCUT2D eigenvalue weighted by Gasteiger charge is 2.21. The molecule has 2 N–H and O–H groups in total. The van der Waals surface area contributed by atoms with Gasteiger partial charge < -0.3 is 10.6 Å². The van der Waals surface area contributed by atoms with E-state index in [2.05, 4.69) is 15.6 Å². The Morgan fingerprint density at radius 1 is 1.11 bits per heavy atom. The third-order valence-corrected chi connectivity index (χ3v) is 3.96. The van der Waals surface area contributed by atoms with Crippen LogP contribution in [-0.4, -0.2) is 27.7 Å². The average Bonchev–Trinajstić information content (AvgIpc) is 3.05. The molecule has 8 heteroatoms. The molecule has 0 aliphatic heterocycles. The molecule has 2 heterocycles. The van der Waals surface area contributed by atoms with Crippen molar-refractivity contribution in [3.05, 3.63) is 65.7 Å². The first-order chi connectivity index (χ1) is 13.0. The summed E-state index contributed by atoms with van der Waals surface area (Å²) in [5.74, 6) is -3.13. The number of imidazole rings is 1. The first-order valence-corrected chi connectivity index (χ1v) is 8.53. The molecule has 0 unspecified atom stereocenters. The van der Waals surface area contributed by atoms with E-state index in [0.717, 1.165) is 25.0 Å². The van der Waals surface area contributed by atoms with Gasteiger partial charge in [0.25, 0.3) is 11.8 Å². The minimum absolute atomic E-state index is 0.0315. The number of amides is 2. The lowest BCUT2D eigenvalue weighted by atomic mass is 10.3. The second-order valence-electron chi connectivity index (χ2n) is 5.93. The summed E-state index contributed by atoms with van der Waals surface area (Å²) in [5.41, 5.74) is 0.685. The Labute approximate surface area is 154 Å². The topological polar surface area (TPSA) is 75.5 Å². The maximum Gasteiger partial charge on any atom is 0.292 e. The zero-order valence-corrected chi connectivity index (χ0v) is 14.6. The number of carbonyl (C=O) groups is 2. The molecular weight excluding hydrogens is 354 g/mol. The van der Waals surface area contributed by atoms with Gasteiger partial charge in [0, 0.05) is 24.5 Å². The van der Waals surface area contributed by atoms with Crippen LogP contribution in [0.5, 0.6) is 0 Å². The van der Waals surface area contributed by atoms with Crippen LogP contribution in [-0.2, 0) is 0 Å². The Morgan fingerprint density at radius 3 is 2.67 bits per heavy atom. The van der Waals surface area contributed by atoms with Crippen molar-refractivity contribution in [2.24, 2.45) is 0 Å². The summed E-state index contributed by atoms with van der Waals surface area (Å²) in [6, 6.07) is 8.14. The summed E-state index contributed by atoms with van der Waals surface area (Å²) in [6.45, 7) is 2.52. The lowest BCUT2D eigenvalue weighted by Crippen LogP contribution is -2.25. The molecule has 0 radical (unpaired) electrons. The van der Waals surface area contributed by atoms with E-state index in [-0.39, 0.29) is 23.1 Å². The largest absolute Gasteiger partial charge is 0.351 e. The SMILES string of the molecule is CCCCNC(=O)c1nc(C(=O)Nc2ccc(F)c(F)c2)n2ccccc12. The minimum atomic E-state index is -1.07. The van der Waals surface area contributed by atoms with Gasteiger partial charge in [-0.05, 0) is 30.7 Å². The number of hydrogen-bond acceptors (Lipinski definition) is 3. The van der Waals surface area contributed by atoms with Gasteiger partial charge in [-0.15, -0.1) is 0 Å². The number of fused-ring (bicyclic) bond motifs is 1. The van der Waals surface area contributed by atoms with E-state index >= 15 is 0 Å². The number of nitrogens with zero attached hydrogens (tertiary/aromatic N) is 2. The van der Waals surface area contributed by atoms with Gasteiger partial charge in [-0.1, -0.05) is 19.4 Å². The molecule has 0 aliphatic carbocycles. The number of hydrogen-bond donors (Lipinski definition) is 2. The Kier molecular flexibility index (Phi) is 5.44. The molecule has 0 saturated heterocycles. The van der Waals surface area contributed by atoms with Crippen LogP contribution in [0.1, 0.15) is 40.9 Å². The van der Waals surface area contributed by atoms with Gasteiger partial charge >= 0.3 is 0 Å². The van der Waals surface area contributed by atoms with Crippen molar-refractivity contribution in [2.75, 3.05) is 11.9 Å². The van der Waals surface area contributed by atoms with Crippen LogP contribution in [0.3, 0.4) is 0 Å². The summed E-state index contributed by atoms with van der Waals surface area (Å²) >= 11 is 0. The molecule has 3 aromatic rings. The molecule has 0 aliphatic rings. The summed E-state index contributed by atoms with van der Waals surface area (Å²) in [7, 11) is 0. The highest BCUT2D eigenvalue weighted by atomic mass is 19.2. The van der Waals surface area contributed by atoms with E-state index in [0.29, 0.717) is 12.1 Å².